The maximum atomic E-state index is 12.0. The van der Waals surface area contributed by atoms with Gasteiger partial charge in [-0.2, -0.15) is 31.9 Å². The molecule has 0 bridgehead atoms. The van der Waals surface area contributed by atoms with Crippen LogP contribution in [0.2, 0.25) is 0 Å². The van der Waals surface area contributed by atoms with Crippen molar-refractivity contribution in [2.45, 2.75) is 97.3 Å². The summed E-state index contributed by atoms with van der Waals surface area (Å²) in [6.45, 7) is 0. The molecule has 6 amide bonds. The number of rotatable bonds is 12. The summed E-state index contributed by atoms with van der Waals surface area (Å²) in [5.41, 5.74) is 0. The monoisotopic (exact) mass is 665 g/mol. The summed E-state index contributed by atoms with van der Waals surface area (Å²) in [6, 6.07) is -0.0703. The van der Waals surface area contributed by atoms with E-state index in [-0.39, 0.29) is 72.1 Å². The first kappa shape index (κ1) is 33.1. The SMILES string of the molecule is O=C(O)CCCC[C@@H]1SC[C@@H]2NC(=O)N[C@@H]21.O=C1N[C@H]2[C@H](CS[C@H]2CCCC(C(=O)O)(N2C(=O)CCC2=O)S(=O)(=O)O)N1. The molecule has 19 heteroatoms. The summed E-state index contributed by atoms with van der Waals surface area (Å²) >= 11 is 3.42. The number of fused-ring (bicyclic) bond motifs is 2. The van der Waals surface area contributed by atoms with Crippen molar-refractivity contribution in [2.75, 3.05) is 11.5 Å². The lowest BCUT2D eigenvalue weighted by molar-refractivity contribution is -0.157. The number of imide groups is 1. The molecule has 16 nitrogen and oxygen atoms in total. The molecule has 0 aliphatic carbocycles. The van der Waals surface area contributed by atoms with Gasteiger partial charge in [0.1, 0.15) is 0 Å². The number of unbranched alkanes of at least 4 members (excludes halogenated alkanes) is 1. The largest absolute Gasteiger partial charge is 0.481 e. The van der Waals surface area contributed by atoms with Crippen LogP contribution in [0.25, 0.3) is 0 Å². The number of nitrogens with zero attached hydrogens (tertiary/aromatic N) is 1. The lowest BCUT2D eigenvalue weighted by atomic mass is 10.0. The zero-order chi connectivity index (χ0) is 31.5. The van der Waals surface area contributed by atoms with Gasteiger partial charge in [-0.3, -0.25) is 18.9 Å². The Morgan fingerprint density at radius 2 is 1.30 bits per heavy atom. The Balaban J connectivity index is 0.000000225. The van der Waals surface area contributed by atoms with Crippen molar-refractivity contribution in [2.24, 2.45) is 0 Å². The van der Waals surface area contributed by atoms with Gasteiger partial charge in [-0.25, -0.2) is 19.3 Å². The van der Waals surface area contributed by atoms with Gasteiger partial charge < -0.3 is 31.5 Å². The number of hydrogen-bond donors (Lipinski definition) is 7. The van der Waals surface area contributed by atoms with Crippen LogP contribution < -0.4 is 21.3 Å². The highest BCUT2D eigenvalue weighted by atomic mass is 32.2. The predicted octanol–water partition coefficient (Wildman–Crippen LogP) is -0.0634. The van der Waals surface area contributed by atoms with Gasteiger partial charge in [-0.05, 0) is 32.1 Å². The smallest absolute Gasteiger partial charge is 0.348 e. The third-order valence-corrected chi connectivity index (χ3v) is 12.6. The Labute approximate surface area is 256 Å². The van der Waals surface area contributed by atoms with E-state index in [0.29, 0.717) is 17.4 Å². The molecule has 5 saturated heterocycles. The molecule has 5 fully saturated rings. The van der Waals surface area contributed by atoms with E-state index in [1.54, 1.807) is 11.8 Å². The third kappa shape index (κ3) is 7.15. The summed E-state index contributed by atoms with van der Waals surface area (Å²) in [7, 11) is -5.30. The van der Waals surface area contributed by atoms with Crippen LogP contribution in [0.3, 0.4) is 0 Å². The second-order valence-corrected chi connectivity index (χ2v) is 15.1. The molecule has 5 aliphatic rings. The lowest BCUT2D eigenvalue weighted by Crippen LogP contribution is -2.61. The van der Waals surface area contributed by atoms with Crippen LogP contribution in [-0.2, 0) is 29.3 Å². The van der Waals surface area contributed by atoms with Crippen molar-refractivity contribution in [1.82, 2.24) is 26.2 Å². The van der Waals surface area contributed by atoms with Crippen LogP contribution >= 0.6 is 23.5 Å². The number of aliphatic carboxylic acids is 2. The Morgan fingerprint density at radius 1 is 0.814 bits per heavy atom. The first-order valence-corrected chi connectivity index (χ1v) is 17.4. The number of urea groups is 2. The van der Waals surface area contributed by atoms with Crippen molar-refractivity contribution in [3.63, 3.8) is 0 Å². The average Bonchev–Trinajstić information content (AvgIpc) is 3.70. The number of nitrogens with one attached hydrogen (secondary N) is 4. The minimum absolute atomic E-state index is 0.0138. The second-order valence-electron chi connectivity index (χ2n) is 11.0. The van der Waals surface area contributed by atoms with E-state index >= 15 is 0 Å². The van der Waals surface area contributed by atoms with Crippen LogP contribution in [0.4, 0.5) is 9.59 Å². The molecule has 0 aromatic heterocycles. The number of thioether (sulfide) groups is 2. The Hall–Kier alpha value is -2.77. The van der Waals surface area contributed by atoms with E-state index < -0.39 is 45.2 Å². The molecule has 0 spiro atoms. The molecule has 7 N–H and O–H groups in total. The third-order valence-electron chi connectivity index (χ3n) is 8.18. The van der Waals surface area contributed by atoms with Crippen LogP contribution in [0.5, 0.6) is 0 Å². The van der Waals surface area contributed by atoms with Gasteiger partial charge in [-0.1, -0.05) is 6.42 Å². The fourth-order valence-corrected chi connectivity index (χ4v) is 10.2. The molecule has 43 heavy (non-hydrogen) atoms. The van der Waals surface area contributed by atoms with E-state index in [0.717, 1.165) is 25.0 Å². The fourth-order valence-electron chi connectivity index (χ4n) is 6.10. The summed E-state index contributed by atoms with van der Waals surface area (Å²) in [5, 5.41) is 29.8. The van der Waals surface area contributed by atoms with Crippen molar-refractivity contribution >= 4 is 69.5 Å². The van der Waals surface area contributed by atoms with E-state index in [1.165, 1.54) is 0 Å². The molecule has 5 heterocycles. The first-order valence-electron chi connectivity index (χ1n) is 13.9. The molecule has 0 radical (unpaired) electrons. The molecule has 1 unspecified atom stereocenters. The van der Waals surface area contributed by atoms with Gasteiger partial charge in [0.2, 0.25) is 11.8 Å². The van der Waals surface area contributed by atoms with Crippen LogP contribution in [-0.4, -0.2) is 115 Å². The number of carbonyl (C=O) groups is 6. The highest BCUT2D eigenvalue weighted by Gasteiger charge is 2.61. The molecular weight excluding hydrogens is 630 g/mol. The minimum atomic E-state index is -5.30. The van der Waals surface area contributed by atoms with E-state index in [9.17, 15) is 46.8 Å². The van der Waals surface area contributed by atoms with Gasteiger partial charge in [0.25, 0.3) is 4.87 Å². The number of amides is 6. The predicted molar refractivity (Wildman–Crippen MR) is 154 cm³/mol. The fraction of sp³-hybridized carbons (Fsp3) is 0.750. The molecule has 5 aliphatic heterocycles. The normalized spacial score (nSPS) is 30.8. The molecule has 0 aromatic rings. The van der Waals surface area contributed by atoms with Crippen molar-refractivity contribution in [3.8, 4) is 0 Å². The molecule has 0 saturated carbocycles. The average molecular weight is 666 g/mol. The van der Waals surface area contributed by atoms with Crippen LogP contribution in [0.15, 0.2) is 0 Å². The highest BCUT2D eigenvalue weighted by molar-refractivity contribution is 8.00. The van der Waals surface area contributed by atoms with Gasteiger partial charge in [0, 0.05) is 41.3 Å². The van der Waals surface area contributed by atoms with Crippen molar-refractivity contribution < 1.29 is 52.0 Å². The molecule has 7 atom stereocenters. The summed E-state index contributed by atoms with van der Waals surface area (Å²) in [6.07, 6.45) is 2.00. The van der Waals surface area contributed by atoms with E-state index in [4.69, 9.17) is 5.11 Å². The summed E-state index contributed by atoms with van der Waals surface area (Å²) in [4.78, 5) is 65.8. The lowest BCUT2D eigenvalue weighted by Gasteiger charge is -2.34. The standard InChI is InChI=1S/C14H19N3O8S2.C10H16N2O3S/c18-9-3-4-10(19)17(9)14(12(20)21,27(23,24)25)5-1-2-8-11-7(6-26-8)15-13(22)16-11;13-8(14)4-2-1-3-7-9-6(5-16-7)11-10(15)12-9/h7-8,11H,1-6H2,(H,20,21)(H2,15,16,22)(H,23,24,25);6-7,9H,1-5H2,(H,13,14)(H2,11,12,15)/t7-,8-,11-,14?;6-,7-,9-/m00/s1. The molecule has 0 aromatic carbocycles. The van der Waals surface area contributed by atoms with Gasteiger partial charge in [0.15, 0.2) is 0 Å². The zero-order valence-electron chi connectivity index (χ0n) is 23.0. The Kier molecular flexibility index (Phi) is 10.4. The first-order chi connectivity index (χ1) is 20.2. The number of carboxylic acids is 2. The van der Waals surface area contributed by atoms with E-state index in [1.807, 2.05) is 11.8 Å². The summed E-state index contributed by atoms with van der Waals surface area (Å²) < 4.78 is 33.6. The number of carboxylic acid groups (broad SMARTS) is 2. The molecular formula is C24H35N5O11S3. The maximum Gasteiger partial charge on any atom is 0.348 e. The van der Waals surface area contributed by atoms with Crippen LogP contribution in [0, 0.1) is 0 Å². The highest BCUT2D eigenvalue weighted by Crippen LogP contribution is 2.37. The number of carbonyl (C=O) groups excluding carboxylic acids is 4. The van der Waals surface area contributed by atoms with E-state index in [2.05, 4.69) is 21.3 Å². The maximum absolute atomic E-state index is 12.0. The minimum Gasteiger partial charge on any atom is -0.481 e. The van der Waals surface area contributed by atoms with Crippen LogP contribution in [0.1, 0.15) is 57.8 Å². The Morgan fingerprint density at radius 3 is 1.74 bits per heavy atom. The second kappa shape index (κ2) is 13.5. The van der Waals surface area contributed by atoms with Gasteiger partial charge in [0.05, 0.1) is 24.2 Å². The quantitative estimate of drug-likeness (QED) is 0.0625. The molecule has 5 rings (SSSR count). The Bertz CT molecular complexity index is 1250. The van der Waals surface area contributed by atoms with Gasteiger partial charge >= 0.3 is 34.1 Å². The number of likely N-dealkylation sites (tertiary alicyclic amines) is 1. The van der Waals surface area contributed by atoms with Crippen molar-refractivity contribution in [3.05, 3.63) is 0 Å². The zero-order valence-corrected chi connectivity index (χ0v) is 25.5. The topological polar surface area (TPSA) is 249 Å². The number of hydrogen-bond acceptors (Lipinski definition) is 10. The van der Waals surface area contributed by atoms with Crippen molar-refractivity contribution in [1.29, 1.82) is 0 Å². The molecule has 240 valence electrons. The summed E-state index contributed by atoms with van der Waals surface area (Å²) in [5.74, 6) is -2.95. The van der Waals surface area contributed by atoms with Gasteiger partial charge in [-0.15, -0.1) is 0 Å².